The molecule has 1 aliphatic heterocycles. The van der Waals surface area contributed by atoms with Gasteiger partial charge >= 0.3 is 0 Å². The van der Waals surface area contributed by atoms with E-state index in [0.717, 1.165) is 17.8 Å². The van der Waals surface area contributed by atoms with Crippen LogP contribution in [-0.4, -0.2) is 44.2 Å². The molecule has 0 spiro atoms. The van der Waals surface area contributed by atoms with Gasteiger partial charge < -0.3 is 10.0 Å². The van der Waals surface area contributed by atoms with Crippen LogP contribution in [0.2, 0.25) is 0 Å². The zero-order valence-electron chi connectivity index (χ0n) is 18.2. The number of hydrogen-bond acceptors (Lipinski definition) is 6. The largest absolute Gasteiger partial charge is 0.378 e. The Morgan fingerprint density at radius 3 is 2.52 bits per heavy atom. The normalized spacial score (nSPS) is 15.8. The Hall–Kier alpha value is -3.05. The van der Waals surface area contributed by atoms with Crippen molar-refractivity contribution in [2.24, 2.45) is 13.0 Å². The molecule has 1 atom stereocenters. The Balaban J connectivity index is 1.39. The number of hydrogen-bond donors (Lipinski definition) is 2. The summed E-state index contributed by atoms with van der Waals surface area (Å²) in [6, 6.07) is 1.37. The number of piperidine rings is 1. The summed E-state index contributed by atoms with van der Waals surface area (Å²) < 4.78 is 56.5. The van der Waals surface area contributed by atoms with E-state index in [4.69, 9.17) is 0 Å². The Kier molecular flexibility index (Phi) is 6.61. The molecule has 176 valence electrons. The number of aliphatic hydroxyl groups is 1. The molecular formula is C22H24F4N6O. The van der Waals surface area contributed by atoms with Crippen LogP contribution < -0.4 is 10.2 Å². The van der Waals surface area contributed by atoms with Crippen molar-refractivity contribution in [3.8, 4) is 11.4 Å². The second-order valence-corrected chi connectivity index (χ2v) is 8.18. The van der Waals surface area contributed by atoms with Crippen molar-refractivity contribution < 1.29 is 22.7 Å². The van der Waals surface area contributed by atoms with Gasteiger partial charge in [-0.05, 0) is 31.4 Å². The van der Waals surface area contributed by atoms with Crippen molar-refractivity contribution in [2.45, 2.75) is 32.5 Å². The number of aryl methyl sites for hydroxylation is 2. The zero-order valence-corrected chi connectivity index (χ0v) is 18.2. The molecule has 1 aromatic carbocycles. The molecule has 3 heterocycles. The lowest BCUT2D eigenvalue weighted by Gasteiger charge is -2.34. The highest BCUT2D eigenvalue weighted by molar-refractivity contribution is 5.60. The maximum atomic E-state index is 14.4. The molecule has 0 bridgehead atoms. The second kappa shape index (κ2) is 9.44. The second-order valence-electron chi connectivity index (χ2n) is 8.18. The van der Waals surface area contributed by atoms with E-state index in [1.807, 2.05) is 11.8 Å². The molecule has 0 radical (unpaired) electrons. The van der Waals surface area contributed by atoms with Crippen LogP contribution in [0.1, 0.15) is 24.0 Å². The third kappa shape index (κ3) is 4.83. The lowest BCUT2D eigenvalue weighted by molar-refractivity contribution is 0.0598. The average Bonchev–Trinajstić information content (AvgIpc) is 3.13. The van der Waals surface area contributed by atoms with Gasteiger partial charge in [0.1, 0.15) is 17.7 Å². The number of rotatable bonds is 6. The lowest BCUT2D eigenvalue weighted by Crippen LogP contribution is -2.43. The molecule has 0 saturated carbocycles. The minimum absolute atomic E-state index is 0.165. The Bertz CT molecular complexity index is 1130. The van der Waals surface area contributed by atoms with Crippen molar-refractivity contribution in [3.05, 3.63) is 58.9 Å². The molecule has 7 nitrogen and oxygen atoms in total. The minimum Gasteiger partial charge on any atom is -0.378 e. The molecule has 1 aliphatic rings. The van der Waals surface area contributed by atoms with E-state index >= 15 is 0 Å². The van der Waals surface area contributed by atoms with Crippen molar-refractivity contribution >= 4 is 5.95 Å². The molecule has 1 unspecified atom stereocenters. The summed E-state index contributed by atoms with van der Waals surface area (Å²) in [6.07, 6.45) is 2.92. The van der Waals surface area contributed by atoms with Gasteiger partial charge in [0.15, 0.2) is 17.5 Å². The van der Waals surface area contributed by atoms with Gasteiger partial charge in [-0.25, -0.2) is 27.5 Å². The Morgan fingerprint density at radius 1 is 1.12 bits per heavy atom. The van der Waals surface area contributed by atoms with Crippen LogP contribution in [0.25, 0.3) is 11.4 Å². The summed E-state index contributed by atoms with van der Waals surface area (Å²) >= 11 is 0. The summed E-state index contributed by atoms with van der Waals surface area (Å²) in [4.78, 5) is 10.4. The molecule has 3 aromatic rings. The molecule has 1 saturated heterocycles. The van der Waals surface area contributed by atoms with E-state index in [0.29, 0.717) is 43.6 Å². The average molecular weight is 464 g/mol. The van der Waals surface area contributed by atoms with Gasteiger partial charge in [0.05, 0.1) is 18.1 Å². The first-order chi connectivity index (χ1) is 15.7. The van der Waals surface area contributed by atoms with E-state index in [1.165, 1.54) is 0 Å². The minimum atomic E-state index is -1.27. The first-order valence-electron chi connectivity index (χ1n) is 10.6. The van der Waals surface area contributed by atoms with Gasteiger partial charge in [-0.2, -0.15) is 5.10 Å². The summed E-state index contributed by atoms with van der Waals surface area (Å²) in [6.45, 7) is 2.65. The predicted octanol–water partition coefficient (Wildman–Crippen LogP) is 3.07. The highest BCUT2D eigenvalue weighted by Gasteiger charge is 2.27. The number of benzene rings is 1. The maximum absolute atomic E-state index is 14.4. The van der Waals surface area contributed by atoms with Crippen LogP contribution in [0.15, 0.2) is 24.5 Å². The SMILES string of the molecule is Cc1cnn(C)c1-c1nc(N2CCC(C(O)NCc3cc(F)cc(F)c3F)CC2)ncc1F. The van der Waals surface area contributed by atoms with Crippen LogP contribution in [0.3, 0.4) is 0 Å². The summed E-state index contributed by atoms with van der Waals surface area (Å²) in [5.41, 5.74) is 1.35. The molecule has 1 fully saturated rings. The van der Waals surface area contributed by atoms with Crippen LogP contribution in [0.5, 0.6) is 0 Å². The molecule has 11 heteroatoms. The topological polar surface area (TPSA) is 79.1 Å². The number of anilines is 1. The van der Waals surface area contributed by atoms with E-state index < -0.39 is 29.5 Å². The summed E-state index contributed by atoms with van der Waals surface area (Å²) in [7, 11) is 1.72. The van der Waals surface area contributed by atoms with E-state index in [-0.39, 0.29) is 23.7 Å². The monoisotopic (exact) mass is 464 g/mol. The van der Waals surface area contributed by atoms with Gasteiger partial charge in [-0.3, -0.25) is 10.00 Å². The fraction of sp³-hybridized carbons (Fsp3) is 0.409. The predicted molar refractivity (Wildman–Crippen MR) is 113 cm³/mol. The van der Waals surface area contributed by atoms with Crippen LogP contribution in [0.4, 0.5) is 23.5 Å². The fourth-order valence-electron chi connectivity index (χ4n) is 4.10. The first-order valence-corrected chi connectivity index (χ1v) is 10.6. The van der Waals surface area contributed by atoms with Gasteiger partial charge in [0.25, 0.3) is 0 Å². The van der Waals surface area contributed by atoms with Crippen LogP contribution >= 0.6 is 0 Å². The Morgan fingerprint density at radius 2 is 1.85 bits per heavy atom. The van der Waals surface area contributed by atoms with Gasteiger partial charge in [0, 0.05) is 44.2 Å². The number of halogens is 4. The highest BCUT2D eigenvalue weighted by Crippen LogP contribution is 2.27. The Labute approximate surface area is 188 Å². The van der Waals surface area contributed by atoms with Crippen molar-refractivity contribution in [3.63, 3.8) is 0 Å². The lowest BCUT2D eigenvalue weighted by atomic mass is 9.95. The third-order valence-electron chi connectivity index (χ3n) is 5.92. The molecule has 0 aliphatic carbocycles. The number of aliphatic hydroxyl groups excluding tert-OH is 1. The number of nitrogens with zero attached hydrogens (tertiary/aromatic N) is 5. The van der Waals surface area contributed by atoms with Crippen molar-refractivity contribution in [2.75, 3.05) is 18.0 Å². The van der Waals surface area contributed by atoms with Gasteiger partial charge in [-0.15, -0.1) is 0 Å². The quantitative estimate of drug-likeness (QED) is 0.332. The maximum Gasteiger partial charge on any atom is 0.226 e. The first kappa shape index (κ1) is 23.1. The summed E-state index contributed by atoms with van der Waals surface area (Å²) in [5, 5.41) is 17.3. The van der Waals surface area contributed by atoms with Gasteiger partial charge in [-0.1, -0.05) is 0 Å². The molecular weight excluding hydrogens is 440 g/mol. The van der Waals surface area contributed by atoms with E-state index in [9.17, 15) is 22.7 Å². The van der Waals surface area contributed by atoms with E-state index in [2.05, 4.69) is 20.4 Å². The molecule has 4 rings (SSSR count). The molecule has 2 aromatic heterocycles. The van der Waals surface area contributed by atoms with Crippen molar-refractivity contribution in [1.29, 1.82) is 0 Å². The fourth-order valence-corrected chi connectivity index (χ4v) is 4.10. The zero-order chi connectivity index (χ0) is 23.7. The van der Waals surface area contributed by atoms with Crippen LogP contribution in [-0.2, 0) is 13.6 Å². The van der Waals surface area contributed by atoms with Gasteiger partial charge in [0.2, 0.25) is 5.95 Å². The van der Waals surface area contributed by atoms with E-state index in [1.54, 1.807) is 17.9 Å². The smallest absolute Gasteiger partial charge is 0.226 e. The van der Waals surface area contributed by atoms with Crippen molar-refractivity contribution in [1.82, 2.24) is 25.1 Å². The molecule has 0 amide bonds. The number of nitrogens with one attached hydrogen (secondary N) is 1. The number of aromatic nitrogens is 4. The standard InChI is InChI=1S/C22H24F4N6O/c1-12-9-29-31(2)20(12)19-17(25)11-28-22(30-19)32-5-3-13(4-6-32)21(33)27-10-14-7-15(23)8-16(24)18(14)26/h7-9,11,13,21,27,33H,3-6,10H2,1-2H3. The van der Waals surface area contributed by atoms with Crippen LogP contribution in [0, 0.1) is 36.1 Å². The molecule has 33 heavy (non-hydrogen) atoms. The summed E-state index contributed by atoms with van der Waals surface area (Å²) in [5.74, 6) is -3.62. The third-order valence-corrected chi connectivity index (χ3v) is 5.92. The highest BCUT2D eigenvalue weighted by atomic mass is 19.2. The molecule has 2 N–H and O–H groups in total.